The molecule has 0 aromatic carbocycles. The molecule has 27 heavy (non-hydrogen) atoms. The molecule has 4 N–H and O–H groups in total. The van der Waals surface area contributed by atoms with E-state index in [-0.39, 0.29) is 35.3 Å². The Labute approximate surface area is 163 Å². The number of anilines is 1. The Morgan fingerprint density at radius 1 is 1.52 bits per heavy atom. The van der Waals surface area contributed by atoms with Gasteiger partial charge in [0.15, 0.2) is 11.5 Å². The van der Waals surface area contributed by atoms with E-state index in [9.17, 15) is 14.8 Å². The van der Waals surface area contributed by atoms with Gasteiger partial charge in [0.05, 0.1) is 34.4 Å². The van der Waals surface area contributed by atoms with E-state index in [2.05, 4.69) is 15.0 Å². The second-order valence-electron chi connectivity index (χ2n) is 6.86. The average molecular weight is 420 g/mol. The van der Waals surface area contributed by atoms with Gasteiger partial charge in [-0.2, -0.15) is 9.97 Å². The molecule has 6 atom stereocenters. The summed E-state index contributed by atoms with van der Waals surface area (Å²) in [4.78, 5) is 12.1. The van der Waals surface area contributed by atoms with Crippen LogP contribution in [0.4, 0.5) is 5.82 Å². The first-order chi connectivity index (χ1) is 13.4. The number of hydrogen-bond donors (Lipinski definition) is 3. The molecule has 2 aliphatic rings. The van der Waals surface area contributed by atoms with Gasteiger partial charge in [0.1, 0.15) is 11.6 Å². The van der Waals surface area contributed by atoms with E-state index >= 15 is 0 Å². The first kappa shape index (κ1) is 16.6. The molecule has 1 unspecified atom stereocenters. The van der Waals surface area contributed by atoms with Crippen LogP contribution in [0.3, 0.4) is 0 Å². The monoisotopic (exact) mass is 419 g/mol. The largest absolute Gasteiger partial charge is 0.390 e. The Morgan fingerprint density at radius 3 is 2.96 bits per heavy atom. The fraction of sp³-hybridized carbons (Fsp3) is 0.667. The zero-order chi connectivity index (χ0) is 21.4. The molecule has 2 aromatic rings. The third kappa shape index (κ3) is 2.95. The fourth-order valence-electron chi connectivity index (χ4n) is 3.89. The lowest BCUT2D eigenvalue weighted by Crippen LogP contribution is -2.35. The number of aliphatic hydroxyl groups is 2. The maximum absolute atomic E-state index is 12.4. The lowest BCUT2D eigenvalue weighted by molar-refractivity contribution is -0.0285. The van der Waals surface area contributed by atoms with E-state index < -0.39 is 43.7 Å². The summed E-state index contributed by atoms with van der Waals surface area (Å²) >= 11 is 5.89. The molecule has 0 bridgehead atoms. The molecular formula is C15H21ClN5O5P. The van der Waals surface area contributed by atoms with Gasteiger partial charge in [-0.25, -0.2) is 4.98 Å². The molecule has 0 radical (unpaired) electrons. The van der Waals surface area contributed by atoms with Crippen molar-refractivity contribution >= 4 is 36.2 Å². The molecular weight excluding hydrogens is 397 g/mol. The van der Waals surface area contributed by atoms with Crippen LogP contribution in [0, 0.1) is 11.3 Å². The van der Waals surface area contributed by atoms with Crippen LogP contribution in [0.1, 0.15) is 22.1 Å². The first-order valence-electron chi connectivity index (χ1n) is 9.39. The van der Waals surface area contributed by atoms with Crippen LogP contribution in [0.5, 0.6) is 0 Å². The van der Waals surface area contributed by atoms with Crippen molar-refractivity contribution in [3.05, 3.63) is 11.6 Å². The van der Waals surface area contributed by atoms with Gasteiger partial charge in [0.2, 0.25) is 5.28 Å². The van der Waals surface area contributed by atoms with Crippen molar-refractivity contribution in [2.75, 3.05) is 25.6 Å². The van der Waals surface area contributed by atoms with E-state index in [1.54, 1.807) is 6.92 Å². The van der Waals surface area contributed by atoms with Crippen LogP contribution < -0.4 is 5.73 Å². The van der Waals surface area contributed by atoms with E-state index in [0.29, 0.717) is 0 Å². The van der Waals surface area contributed by atoms with Gasteiger partial charge in [-0.05, 0) is 30.9 Å². The minimum absolute atomic E-state index is 0.0659. The van der Waals surface area contributed by atoms with E-state index in [0.717, 1.165) is 0 Å². The SMILES string of the molecule is [2H]C([2H])(OP(C)(=O)OCC)[C@]12C[C@@H]1[C@@H](n1cnc3c(N)nc(Cl)nc31)[C@H](O)[C@@H]2O. The van der Waals surface area contributed by atoms with Gasteiger partial charge in [-0.3, -0.25) is 4.57 Å². The van der Waals surface area contributed by atoms with Crippen molar-refractivity contribution in [3.63, 3.8) is 0 Å². The predicted molar refractivity (Wildman–Crippen MR) is 97.4 cm³/mol. The summed E-state index contributed by atoms with van der Waals surface area (Å²) in [5.74, 6) is -0.465. The molecule has 2 aromatic heterocycles. The topological polar surface area (TPSA) is 146 Å². The van der Waals surface area contributed by atoms with Crippen molar-refractivity contribution in [2.45, 2.75) is 31.6 Å². The number of rotatable bonds is 6. The summed E-state index contributed by atoms with van der Waals surface area (Å²) < 4.78 is 40.9. The molecule has 2 heterocycles. The average Bonchev–Trinajstić information content (AvgIpc) is 3.14. The highest BCUT2D eigenvalue weighted by atomic mass is 35.5. The summed E-state index contributed by atoms with van der Waals surface area (Å²) in [7, 11) is -3.70. The van der Waals surface area contributed by atoms with Crippen molar-refractivity contribution in [2.24, 2.45) is 11.3 Å². The van der Waals surface area contributed by atoms with Crippen molar-refractivity contribution in [1.82, 2.24) is 19.5 Å². The molecule has 2 saturated carbocycles. The molecule has 148 valence electrons. The van der Waals surface area contributed by atoms with E-state index in [4.69, 9.17) is 29.1 Å². The Hall–Kier alpha value is -1.29. The molecule has 2 aliphatic carbocycles. The van der Waals surface area contributed by atoms with E-state index in [1.807, 2.05) is 0 Å². The molecule has 4 rings (SSSR count). The number of nitrogen functional groups attached to an aromatic ring is 1. The molecule has 10 nitrogen and oxygen atoms in total. The summed E-state index contributed by atoms with van der Waals surface area (Å²) in [6.45, 7) is 0.355. The molecule has 0 spiro atoms. The minimum atomic E-state index is -3.70. The van der Waals surface area contributed by atoms with Gasteiger partial charge in [0, 0.05) is 12.1 Å². The van der Waals surface area contributed by atoms with Gasteiger partial charge in [0.25, 0.3) is 0 Å². The highest BCUT2D eigenvalue weighted by Crippen LogP contribution is 2.69. The Morgan fingerprint density at radius 2 is 2.26 bits per heavy atom. The van der Waals surface area contributed by atoms with Gasteiger partial charge in [-0.15, -0.1) is 0 Å². The van der Waals surface area contributed by atoms with E-state index in [1.165, 1.54) is 17.6 Å². The summed E-state index contributed by atoms with van der Waals surface area (Å²) in [5.41, 5.74) is 4.90. The second kappa shape index (κ2) is 6.37. The predicted octanol–water partition coefficient (Wildman–Crippen LogP) is 1.22. The third-order valence-electron chi connectivity index (χ3n) is 5.18. The van der Waals surface area contributed by atoms with Crippen molar-refractivity contribution in [3.8, 4) is 0 Å². The smallest absolute Gasteiger partial charge is 0.327 e. The Bertz CT molecular complexity index is 1020. The van der Waals surface area contributed by atoms with Crippen LogP contribution in [0.25, 0.3) is 11.2 Å². The van der Waals surface area contributed by atoms with Gasteiger partial charge >= 0.3 is 7.60 Å². The Balaban J connectivity index is 1.72. The van der Waals surface area contributed by atoms with Crippen LogP contribution >= 0.6 is 19.2 Å². The molecule has 0 aliphatic heterocycles. The van der Waals surface area contributed by atoms with Gasteiger partial charge < -0.3 is 29.6 Å². The zero-order valence-corrected chi connectivity index (χ0v) is 16.3. The molecule has 2 fully saturated rings. The van der Waals surface area contributed by atoms with Crippen LogP contribution in [0.15, 0.2) is 6.33 Å². The minimum Gasteiger partial charge on any atom is -0.390 e. The van der Waals surface area contributed by atoms with Gasteiger partial charge in [-0.1, -0.05) is 0 Å². The summed E-state index contributed by atoms with van der Waals surface area (Å²) in [5, 5.41) is 21.4. The normalized spacial score (nSPS) is 36.2. The van der Waals surface area contributed by atoms with Crippen molar-refractivity contribution < 1.29 is 26.6 Å². The number of aromatic nitrogens is 4. The fourth-order valence-corrected chi connectivity index (χ4v) is 4.92. The number of hydrogen-bond acceptors (Lipinski definition) is 9. The maximum atomic E-state index is 12.4. The quantitative estimate of drug-likeness (QED) is 0.464. The van der Waals surface area contributed by atoms with Crippen LogP contribution in [-0.2, 0) is 13.6 Å². The number of halogens is 1. The zero-order valence-electron chi connectivity index (χ0n) is 16.6. The second-order valence-corrected chi connectivity index (χ2v) is 9.18. The van der Waals surface area contributed by atoms with Crippen LogP contribution in [0.2, 0.25) is 5.28 Å². The van der Waals surface area contributed by atoms with Crippen LogP contribution in [-0.4, -0.2) is 61.8 Å². The lowest BCUT2D eigenvalue weighted by atomic mass is 10.0. The summed E-state index contributed by atoms with van der Waals surface area (Å²) in [6, 6.07) is -0.762. The third-order valence-corrected chi connectivity index (χ3v) is 6.50. The maximum Gasteiger partial charge on any atom is 0.327 e. The molecule has 0 saturated heterocycles. The number of aliphatic hydroxyl groups excluding tert-OH is 2. The standard InChI is InChI=1S/C15H21ClN5O5P/c1-3-25-27(2,24)26-5-15-4-7(15)9(10(22)11(15)23)21-6-18-8-12(17)19-14(16)20-13(8)21/h6-7,9-11,22-23H,3-5H2,1-2H3,(H2,17,19,20)/t7-,9-,10+,11+,15-,27?/m1/s1/i5D2. The number of imidazole rings is 1. The molecule has 0 amide bonds. The lowest BCUT2D eigenvalue weighted by Gasteiger charge is -2.24. The highest BCUT2D eigenvalue weighted by Gasteiger charge is 2.72. The van der Waals surface area contributed by atoms with Crippen molar-refractivity contribution in [1.29, 1.82) is 0 Å². The molecule has 12 heteroatoms. The number of fused-ring (bicyclic) bond motifs is 2. The highest BCUT2D eigenvalue weighted by molar-refractivity contribution is 7.52. The number of nitrogens with zero attached hydrogens (tertiary/aromatic N) is 4. The Kier molecular flexibility index (Phi) is 3.93. The first-order valence-corrected chi connectivity index (χ1v) is 10.8. The number of nitrogens with two attached hydrogens (primary N) is 1. The summed E-state index contributed by atoms with van der Waals surface area (Å²) in [6.07, 6.45) is -1.23.